The Kier molecular flexibility index (Phi) is 3.86. The third-order valence-electron chi connectivity index (χ3n) is 0.434. The molecule has 0 amide bonds. The zero-order valence-corrected chi connectivity index (χ0v) is 7.17. The number of nitrogen functional groups attached to an aromatic ring is 1. The Labute approximate surface area is 84.8 Å². The molecule has 0 aliphatic carbocycles. The summed E-state index contributed by atoms with van der Waals surface area (Å²) < 4.78 is 0. The minimum atomic E-state index is 0. The summed E-state index contributed by atoms with van der Waals surface area (Å²) in [4.78, 5) is 0. The van der Waals surface area contributed by atoms with E-state index in [1.54, 1.807) is 0 Å². The second kappa shape index (κ2) is 3.56. The molecule has 5 heteroatoms. The van der Waals surface area contributed by atoms with Gasteiger partial charge in [0.2, 0.25) is 0 Å². The molecule has 0 aromatic carbocycles. The number of nitrogens with two attached hydrogens (primary N) is 1. The summed E-state index contributed by atoms with van der Waals surface area (Å²) in [5.74, 6) is 0.426. The molecule has 34 valence electrons. The van der Waals surface area contributed by atoms with E-state index >= 15 is 0 Å². The van der Waals surface area contributed by atoms with Crippen LogP contribution in [0, 0.1) is 0 Å². The molecule has 0 fully saturated rings. The van der Waals surface area contributed by atoms with Crippen molar-refractivity contribution in [3.8, 4) is 0 Å². The monoisotopic (exact) mass is 124 g/mol. The van der Waals surface area contributed by atoms with Gasteiger partial charge in [0.05, 0.1) is 6.20 Å². The number of nitrogens with one attached hydrogen (secondary N) is 1. The minimum Gasteiger partial charge on any atom is -1.00 e. The summed E-state index contributed by atoms with van der Waals surface area (Å²) in [7, 11) is 0. The minimum absolute atomic E-state index is 0. The Bertz CT molecular complexity index is 118. The van der Waals surface area contributed by atoms with Crippen molar-refractivity contribution < 1.29 is 52.8 Å². The zero-order valence-electron chi connectivity index (χ0n) is 5.05. The maximum Gasteiger partial charge on any atom is 1.00 e. The number of aromatic nitrogens is 3. The molecule has 0 aliphatic rings. The molecule has 7 heavy (non-hydrogen) atoms. The molecule has 1 aromatic heterocycles. The van der Waals surface area contributed by atoms with E-state index in [1.165, 1.54) is 6.20 Å². The van der Waals surface area contributed by atoms with Gasteiger partial charge in [-0.2, -0.15) is 10.3 Å². The SMILES string of the molecule is Nc1cn[nH]n1.[H-].[K+]. The van der Waals surface area contributed by atoms with Crippen molar-refractivity contribution in [3.63, 3.8) is 0 Å². The number of hydrogen-bond donors (Lipinski definition) is 2. The fourth-order valence-corrected chi connectivity index (χ4v) is 0.210. The molecule has 0 radical (unpaired) electrons. The second-order valence-electron chi connectivity index (χ2n) is 0.895. The van der Waals surface area contributed by atoms with Crippen LogP contribution in [0.25, 0.3) is 0 Å². The number of hydrogen-bond acceptors (Lipinski definition) is 3. The molecule has 1 heterocycles. The molecule has 0 bridgehead atoms. The molecule has 1 aromatic rings. The van der Waals surface area contributed by atoms with Crippen LogP contribution in [0.4, 0.5) is 5.82 Å². The van der Waals surface area contributed by atoms with Crippen LogP contribution in [0.15, 0.2) is 6.20 Å². The molecule has 0 spiro atoms. The van der Waals surface area contributed by atoms with Gasteiger partial charge in [-0.05, 0) is 0 Å². The van der Waals surface area contributed by atoms with Crippen LogP contribution in [-0.2, 0) is 0 Å². The van der Waals surface area contributed by atoms with Crippen molar-refractivity contribution >= 4 is 5.82 Å². The largest absolute Gasteiger partial charge is 1.00 e. The van der Waals surface area contributed by atoms with Crippen LogP contribution in [0.2, 0.25) is 0 Å². The first-order chi connectivity index (χ1) is 2.89. The van der Waals surface area contributed by atoms with Crippen molar-refractivity contribution in [2.24, 2.45) is 0 Å². The summed E-state index contributed by atoms with van der Waals surface area (Å²) in [6.07, 6.45) is 1.44. The van der Waals surface area contributed by atoms with Gasteiger partial charge in [-0.15, -0.1) is 5.10 Å². The summed E-state index contributed by atoms with van der Waals surface area (Å²) >= 11 is 0. The number of nitrogens with zero attached hydrogens (tertiary/aromatic N) is 2. The van der Waals surface area contributed by atoms with Gasteiger partial charge < -0.3 is 7.16 Å². The Balaban J connectivity index is 0. The van der Waals surface area contributed by atoms with Crippen LogP contribution in [0.1, 0.15) is 1.43 Å². The summed E-state index contributed by atoms with van der Waals surface area (Å²) in [5, 5.41) is 9.22. The van der Waals surface area contributed by atoms with E-state index in [4.69, 9.17) is 5.73 Å². The van der Waals surface area contributed by atoms with E-state index in [2.05, 4.69) is 15.4 Å². The predicted octanol–water partition coefficient (Wildman–Crippen LogP) is -3.50. The van der Waals surface area contributed by atoms with Crippen LogP contribution < -0.4 is 57.1 Å². The maximum absolute atomic E-state index is 5.07. The van der Waals surface area contributed by atoms with E-state index in [-0.39, 0.29) is 52.8 Å². The number of anilines is 1. The number of aromatic amines is 1. The van der Waals surface area contributed by atoms with Gasteiger partial charge in [-0.1, -0.05) is 0 Å². The van der Waals surface area contributed by atoms with E-state index in [0.717, 1.165) is 0 Å². The average Bonchev–Trinajstić information content (AvgIpc) is 1.86. The van der Waals surface area contributed by atoms with Gasteiger partial charge in [0.1, 0.15) is 0 Å². The van der Waals surface area contributed by atoms with Crippen molar-refractivity contribution in [2.75, 3.05) is 5.73 Å². The van der Waals surface area contributed by atoms with Gasteiger partial charge in [-0.25, -0.2) is 0 Å². The van der Waals surface area contributed by atoms with Crippen molar-refractivity contribution in [3.05, 3.63) is 6.20 Å². The second-order valence-corrected chi connectivity index (χ2v) is 0.895. The Morgan fingerprint density at radius 1 is 1.86 bits per heavy atom. The molecule has 0 atom stereocenters. The Hall–Kier alpha value is 0.576. The molecule has 4 nitrogen and oxygen atoms in total. The van der Waals surface area contributed by atoms with E-state index in [1.807, 2.05) is 0 Å². The molecule has 0 aliphatic heterocycles. The molecule has 0 unspecified atom stereocenters. The first-order valence-corrected chi connectivity index (χ1v) is 1.51. The van der Waals surface area contributed by atoms with Crippen LogP contribution in [-0.4, -0.2) is 15.4 Å². The standard InChI is InChI=1S/C2H4N4.K.H/c3-2-1-4-6-5-2;;/h1H,(H3,3,4,5,6);;/q;+1;-1. The maximum atomic E-state index is 5.07. The van der Waals surface area contributed by atoms with Gasteiger partial charge in [-0.3, -0.25) is 0 Å². The summed E-state index contributed by atoms with van der Waals surface area (Å²) in [6, 6.07) is 0. The van der Waals surface area contributed by atoms with Gasteiger partial charge in [0.15, 0.2) is 5.82 Å². The Morgan fingerprint density at radius 3 is 2.71 bits per heavy atom. The fourth-order valence-electron chi connectivity index (χ4n) is 0.210. The summed E-state index contributed by atoms with van der Waals surface area (Å²) in [5.41, 5.74) is 5.07. The first kappa shape index (κ1) is 7.58. The normalized spacial score (nSPS) is 7.43. The predicted molar refractivity (Wildman–Crippen MR) is 21.9 cm³/mol. The van der Waals surface area contributed by atoms with Gasteiger partial charge in [0, 0.05) is 0 Å². The van der Waals surface area contributed by atoms with Crippen molar-refractivity contribution in [1.82, 2.24) is 15.4 Å². The third kappa shape index (κ3) is 2.40. The van der Waals surface area contributed by atoms with Crippen LogP contribution in [0.5, 0.6) is 0 Å². The van der Waals surface area contributed by atoms with Crippen molar-refractivity contribution in [1.29, 1.82) is 0 Å². The van der Waals surface area contributed by atoms with E-state index in [9.17, 15) is 0 Å². The van der Waals surface area contributed by atoms with Crippen LogP contribution >= 0.6 is 0 Å². The fraction of sp³-hybridized carbons (Fsp3) is 0. The molecule has 0 saturated carbocycles. The first-order valence-electron chi connectivity index (χ1n) is 1.51. The van der Waals surface area contributed by atoms with E-state index < -0.39 is 0 Å². The third-order valence-corrected chi connectivity index (χ3v) is 0.434. The van der Waals surface area contributed by atoms with E-state index in [0.29, 0.717) is 5.82 Å². The molecular weight excluding hydrogens is 119 g/mol. The number of rotatable bonds is 0. The van der Waals surface area contributed by atoms with Crippen molar-refractivity contribution in [2.45, 2.75) is 0 Å². The number of H-pyrrole nitrogens is 1. The topological polar surface area (TPSA) is 67.6 Å². The van der Waals surface area contributed by atoms with Gasteiger partial charge >= 0.3 is 51.4 Å². The van der Waals surface area contributed by atoms with Crippen LogP contribution in [0.3, 0.4) is 0 Å². The quantitative estimate of drug-likeness (QED) is 0.353. The Morgan fingerprint density at radius 2 is 2.57 bits per heavy atom. The summed E-state index contributed by atoms with van der Waals surface area (Å²) in [6.45, 7) is 0. The zero-order chi connectivity index (χ0) is 4.41. The molecule has 1 rings (SSSR count). The smallest absolute Gasteiger partial charge is 1.00 e. The molecule has 0 saturated heterocycles. The van der Waals surface area contributed by atoms with Gasteiger partial charge in [0.25, 0.3) is 0 Å². The average molecular weight is 124 g/mol. The molecule has 3 N–H and O–H groups in total. The molecular formula is C2H5KN4.